The molecule has 0 saturated carbocycles. The molecule has 0 aliphatic rings. The Balaban J connectivity index is 1.67. The average molecular weight is 332 g/mol. The molecule has 4 heterocycles. The molecule has 4 aromatic rings. The van der Waals surface area contributed by atoms with Crippen LogP contribution >= 0.6 is 0 Å². The fourth-order valence-electron chi connectivity index (χ4n) is 2.73. The Morgan fingerprint density at radius 3 is 2.76 bits per heavy atom. The van der Waals surface area contributed by atoms with Crippen molar-refractivity contribution < 1.29 is 4.79 Å². The number of rotatable bonds is 4. The number of hydrogen-bond acceptors (Lipinski definition) is 5. The molecule has 0 fully saturated rings. The first kappa shape index (κ1) is 15.2. The normalized spacial score (nSPS) is 11.1. The molecule has 0 aliphatic carbocycles. The predicted molar refractivity (Wildman–Crippen MR) is 93.0 cm³/mol. The number of pyridine rings is 2. The number of ketones is 1. The molecule has 0 amide bonds. The Hall–Kier alpha value is -3.35. The maximum absolute atomic E-state index is 12.3. The minimum atomic E-state index is -0.0114. The van der Waals surface area contributed by atoms with Crippen LogP contribution in [0, 0.1) is 0 Å². The maximum atomic E-state index is 12.3. The third-order valence-corrected chi connectivity index (χ3v) is 4.08. The summed E-state index contributed by atoms with van der Waals surface area (Å²) in [5.74, 6) is -0.0114. The van der Waals surface area contributed by atoms with Crippen LogP contribution in [0.2, 0.25) is 0 Å². The van der Waals surface area contributed by atoms with Crippen LogP contribution in [-0.4, -0.2) is 35.1 Å². The summed E-state index contributed by atoms with van der Waals surface area (Å²) >= 11 is 0. The van der Waals surface area contributed by atoms with Gasteiger partial charge in [-0.05, 0) is 18.2 Å². The van der Waals surface area contributed by atoms with Crippen LogP contribution in [0.5, 0.6) is 0 Å². The van der Waals surface area contributed by atoms with E-state index in [1.807, 2.05) is 29.8 Å². The number of carbonyl (C=O) groups excluding carboxylic acids is 1. The molecule has 4 rings (SSSR count). The summed E-state index contributed by atoms with van der Waals surface area (Å²) in [5.41, 5.74) is 3.86. The summed E-state index contributed by atoms with van der Waals surface area (Å²) in [6.07, 6.45) is 8.78. The highest BCUT2D eigenvalue weighted by Gasteiger charge is 2.11. The highest BCUT2D eigenvalue weighted by molar-refractivity contribution is 5.97. The van der Waals surface area contributed by atoms with Gasteiger partial charge in [0, 0.05) is 31.9 Å². The lowest BCUT2D eigenvalue weighted by molar-refractivity contribution is 0.0992. The zero-order valence-electron chi connectivity index (χ0n) is 13.9. The lowest BCUT2D eigenvalue weighted by atomic mass is 10.1. The van der Waals surface area contributed by atoms with E-state index in [2.05, 4.69) is 15.1 Å². The number of nitrogens with zero attached hydrogens (tertiary/aromatic N) is 6. The zero-order valence-corrected chi connectivity index (χ0v) is 13.9. The molecule has 4 aromatic heterocycles. The van der Waals surface area contributed by atoms with E-state index in [4.69, 9.17) is 4.98 Å². The zero-order chi connectivity index (χ0) is 17.4. The molecule has 0 bridgehead atoms. The van der Waals surface area contributed by atoms with Crippen LogP contribution < -0.4 is 0 Å². The van der Waals surface area contributed by atoms with Gasteiger partial charge in [-0.3, -0.25) is 14.5 Å². The van der Waals surface area contributed by atoms with E-state index < -0.39 is 0 Å². The third-order valence-electron chi connectivity index (χ3n) is 4.08. The van der Waals surface area contributed by atoms with Crippen molar-refractivity contribution in [3.63, 3.8) is 0 Å². The molecule has 0 saturated heterocycles. The first-order valence-corrected chi connectivity index (χ1v) is 7.84. The molecule has 0 spiro atoms. The van der Waals surface area contributed by atoms with Crippen molar-refractivity contribution in [3.8, 4) is 11.4 Å². The van der Waals surface area contributed by atoms with E-state index in [1.165, 1.54) is 0 Å². The van der Waals surface area contributed by atoms with Crippen LogP contribution in [-0.2, 0) is 20.5 Å². The molecule has 0 radical (unpaired) electrons. The number of Topliss-reactive ketones (excluding diaryl/α,β-unsaturated/α-hetero) is 1. The van der Waals surface area contributed by atoms with Gasteiger partial charge in [0.15, 0.2) is 5.78 Å². The lowest BCUT2D eigenvalue weighted by Crippen LogP contribution is -2.04. The monoisotopic (exact) mass is 332 g/mol. The van der Waals surface area contributed by atoms with Crippen molar-refractivity contribution in [2.75, 3.05) is 0 Å². The number of carbonyl (C=O) groups is 1. The van der Waals surface area contributed by atoms with Crippen molar-refractivity contribution >= 4 is 16.7 Å². The fraction of sp³-hybridized carbons (Fsp3) is 0.167. The largest absolute Gasteiger partial charge is 0.332 e. The standard InChI is InChI=1S/C18H16N6O/c1-23-11-19-9-17(23)15-4-3-12-7-20-14(5-16(12)22-15)6-18(25)13-8-21-24(2)10-13/h3-5,7-11H,6H2,1-2H3. The molecule has 0 aromatic carbocycles. The van der Waals surface area contributed by atoms with Crippen LogP contribution in [0.3, 0.4) is 0 Å². The van der Waals surface area contributed by atoms with Gasteiger partial charge in [-0.1, -0.05) is 0 Å². The van der Waals surface area contributed by atoms with Gasteiger partial charge in [0.1, 0.15) is 0 Å². The molecular formula is C18H16N6O. The molecule has 25 heavy (non-hydrogen) atoms. The van der Waals surface area contributed by atoms with E-state index >= 15 is 0 Å². The Morgan fingerprint density at radius 2 is 2.04 bits per heavy atom. The Morgan fingerprint density at radius 1 is 1.16 bits per heavy atom. The highest BCUT2D eigenvalue weighted by atomic mass is 16.1. The topological polar surface area (TPSA) is 78.5 Å². The second-order valence-electron chi connectivity index (χ2n) is 5.96. The molecule has 0 N–H and O–H groups in total. The average Bonchev–Trinajstić information content (AvgIpc) is 3.22. The molecular weight excluding hydrogens is 316 g/mol. The van der Waals surface area contributed by atoms with Gasteiger partial charge < -0.3 is 4.57 Å². The van der Waals surface area contributed by atoms with Crippen molar-refractivity contribution in [2.24, 2.45) is 14.1 Å². The van der Waals surface area contributed by atoms with Crippen LogP contribution in [0.1, 0.15) is 16.1 Å². The van der Waals surface area contributed by atoms with Crippen molar-refractivity contribution in [2.45, 2.75) is 6.42 Å². The van der Waals surface area contributed by atoms with Gasteiger partial charge in [-0.15, -0.1) is 0 Å². The predicted octanol–water partition coefficient (Wildman–Crippen LogP) is 2.19. The third kappa shape index (κ3) is 2.91. The van der Waals surface area contributed by atoms with Gasteiger partial charge >= 0.3 is 0 Å². The van der Waals surface area contributed by atoms with E-state index in [0.29, 0.717) is 11.3 Å². The van der Waals surface area contributed by atoms with E-state index in [9.17, 15) is 4.79 Å². The Kier molecular flexibility index (Phi) is 3.61. The van der Waals surface area contributed by atoms with E-state index in [-0.39, 0.29) is 12.2 Å². The van der Waals surface area contributed by atoms with Crippen LogP contribution in [0.15, 0.2) is 49.3 Å². The molecule has 0 atom stereocenters. The maximum Gasteiger partial charge on any atom is 0.171 e. The summed E-state index contributed by atoms with van der Waals surface area (Å²) in [5, 5.41) is 4.97. The number of hydrogen-bond donors (Lipinski definition) is 0. The second-order valence-corrected chi connectivity index (χ2v) is 5.96. The molecule has 0 aliphatic heterocycles. The number of imidazole rings is 1. The van der Waals surface area contributed by atoms with Gasteiger partial charge in [-0.2, -0.15) is 5.10 Å². The van der Waals surface area contributed by atoms with Gasteiger partial charge in [0.05, 0.1) is 53.3 Å². The summed E-state index contributed by atoms with van der Waals surface area (Å²) in [7, 11) is 3.72. The summed E-state index contributed by atoms with van der Waals surface area (Å²) in [4.78, 5) is 25.5. The molecule has 7 heteroatoms. The van der Waals surface area contributed by atoms with E-state index in [0.717, 1.165) is 22.3 Å². The minimum absolute atomic E-state index is 0.0114. The van der Waals surface area contributed by atoms with E-state index in [1.54, 1.807) is 42.8 Å². The van der Waals surface area contributed by atoms with Gasteiger partial charge in [-0.25, -0.2) is 9.97 Å². The SMILES string of the molecule is Cn1cc(C(=O)Cc2cc3nc(-c4cncn4C)ccc3cn2)cn1. The summed E-state index contributed by atoms with van der Waals surface area (Å²) in [6, 6.07) is 5.79. The second kappa shape index (κ2) is 5.94. The van der Waals surface area contributed by atoms with Crippen LogP contribution in [0.4, 0.5) is 0 Å². The number of aromatic nitrogens is 6. The number of fused-ring (bicyclic) bond motifs is 1. The van der Waals surface area contributed by atoms with Crippen molar-refractivity contribution in [1.29, 1.82) is 0 Å². The highest BCUT2D eigenvalue weighted by Crippen LogP contribution is 2.20. The smallest absolute Gasteiger partial charge is 0.171 e. The van der Waals surface area contributed by atoms with Crippen molar-refractivity contribution in [1.82, 2.24) is 29.3 Å². The first-order valence-electron chi connectivity index (χ1n) is 7.84. The lowest BCUT2D eigenvalue weighted by Gasteiger charge is -2.05. The Labute approximate surface area is 144 Å². The van der Waals surface area contributed by atoms with Gasteiger partial charge in [0.2, 0.25) is 0 Å². The summed E-state index contributed by atoms with van der Waals surface area (Å²) < 4.78 is 3.53. The molecule has 124 valence electrons. The quantitative estimate of drug-likeness (QED) is 0.535. The van der Waals surface area contributed by atoms with Gasteiger partial charge in [0.25, 0.3) is 0 Å². The molecule has 7 nitrogen and oxygen atoms in total. The summed E-state index contributed by atoms with van der Waals surface area (Å²) in [6.45, 7) is 0. The fourth-order valence-corrected chi connectivity index (χ4v) is 2.73. The Bertz CT molecular complexity index is 1080. The minimum Gasteiger partial charge on any atom is -0.332 e. The van der Waals surface area contributed by atoms with Crippen LogP contribution in [0.25, 0.3) is 22.3 Å². The van der Waals surface area contributed by atoms with Crippen molar-refractivity contribution in [3.05, 3.63) is 60.6 Å². The first-order chi connectivity index (χ1) is 12.1. The molecule has 0 unspecified atom stereocenters. The number of aryl methyl sites for hydroxylation is 2.